The van der Waals surface area contributed by atoms with Gasteiger partial charge in [-0.2, -0.15) is 0 Å². The van der Waals surface area contributed by atoms with Crippen LogP contribution in [-0.2, 0) is 4.74 Å². The van der Waals surface area contributed by atoms with Crippen LogP contribution in [0.3, 0.4) is 0 Å². The van der Waals surface area contributed by atoms with Crippen molar-refractivity contribution in [2.75, 3.05) is 6.54 Å². The second kappa shape index (κ2) is 6.06. The molecule has 0 spiro atoms. The van der Waals surface area contributed by atoms with E-state index in [1.807, 2.05) is 0 Å². The minimum Gasteiger partial charge on any atom is -0.374 e. The van der Waals surface area contributed by atoms with Crippen molar-refractivity contribution in [3.8, 4) is 0 Å². The van der Waals surface area contributed by atoms with E-state index in [9.17, 15) is 0 Å². The lowest BCUT2D eigenvalue weighted by atomic mass is 9.82. The molecule has 0 amide bonds. The molecule has 3 unspecified atom stereocenters. The van der Waals surface area contributed by atoms with Crippen LogP contribution in [0, 0.1) is 5.41 Å². The van der Waals surface area contributed by atoms with Crippen molar-refractivity contribution in [1.82, 2.24) is 5.32 Å². The van der Waals surface area contributed by atoms with Gasteiger partial charge in [0.2, 0.25) is 0 Å². The molecule has 0 radical (unpaired) electrons. The Morgan fingerprint density at radius 2 is 1.89 bits per heavy atom. The lowest BCUT2D eigenvalue weighted by Gasteiger charge is -2.33. The molecule has 1 aliphatic rings. The van der Waals surface area contributed by atoms with Gasteiger partial charge in [-0.1, -0.05) is 51.1 Å². The fourth-order valence-corrected chi connectivity index (χ4v) is 2.85. The first-order valence-corrected chi connectivity index (χ1v) is 7.40. The molecule has 2 nitrogen and oxygen atoms in total. The van der Waals surface area contributed by atoms with E-state index < -0.39 is 0 Å². The van der Waals surface area contributed by atoms with Crippen LogP contribution in [0.1, 0.15) is 52.1 Å². The molecular formula is C17H27NO. The van der Waals surface area contributed by atoms with Gasteiger partial charge in [0.15, 0.2) is 0 Å². The normalized spacial score (nSPS) is 25.5. The predicted octanol–water partition coefficient (Wildman–Crippen LogP) is 3.93. The lowest BCUT2D eigenvalue weighted by molar-refractivity contribution is 0.0512. The Morgan fingerprint density at radius 3 is 2.42 bits per heavy atom. The maximum atomic E-state index is 5.90. The Bertz CT molecular complexity index is 382. The Labute approximate surface area is 117 Å². The number of ether oxygens (including phenoxy) is 1. The second-order valence-electron chi connectivity index (χ2n) is 6.76. The van der Waals surface area contributed by atoms with E-state index in [4.69, 9.17) is 4.74 Å². The summed E-state index contributed by atoms with van der Waals surface area (Å²) in [7, 11) is 0. The van der Waals surface area contributed by atoms with Gasteiger partial charge >= 0.3 is 0 Å². The van der Waals surface area contributed by atoms with Crippen LogP contribution in [-0.4, -0.2) is 18.8 Å². The summed E-state index contributed by atoms with van der Waals surface area (Å²) in [6.45, 7) is 9.97. The zero-order chi connectivity index (χ0) is 13.9. The van der Waals surface area contributed by atoms with Gasteiger partial charge in [-0.25, -0.2) is 0 Å². The standard InChI is InChI=1S/C17H27NO/c1-13-10-11-15(19-13)12-18-16(17(2,3)4)14-8-6-5-7-9-14/h5-9,13,15-16,18H,10-12H2,1-4H3. The highest BCUT2D eigenvalue weighted by Gasteiger charge is 2.28. The fraction of sp³-hybridized carbons (Fsp3) is 0.647. The van der Waals surface area contributed by atoms with Crippen molar-refractivity contribution in [3.63, 3.8) is 0 Å². The summed E-state index contributed by atoms with van der Waals surface area (Å²) in [6.07, 6.45) is 3.18. The van der Waals surface area contributed by atoms with Crippen molar-refractivity contribution in [2.45, 2.75) is 58.8 Å². The van der Waals surface area contributed by atoms with E-state index in [-0.39, 0.29) is 5.41 Å². The van der Waals surface area contributed by atoms with E-state index in [0.29, 0.717) is 18.2 Å². The average Bonchev–Trinajstić information content (AvgIpc) is 2.75. The van der Waals surface area contributed by atoms with Gasteiger partial charge in [-0.3, -0.25) is 0 Å². The first-order chi connectivity index (χ1) is 8.97. The molecule has 0 bridgehead atoms. The van der Waals surface area contributed by atoms with E-state index in [0.717, 1.165) is 6.54 Å². The highest BCUT2D eigenvalue weighted by atomic mass is 16.5. The van der Waals surface area contributed by atoms with Crippen molar-refractivity contribution in [3.05, 3.63) is 35.9 Å². The van der Waals surface area contributed by atoms with E-state index in [2.05, 4.69) is 63.3 Å². The highest BCUT2D eigenvalue weighted by Crippen LogP contribution is 2.33. The Kier molecular flexibility index (Phi) is 4.64. The molecule has 1 fully saturated rings. The summed E-state index contributed by atoms with van der Waals surface area (Å²) in [5, 5.41) is 3.71. The summed E-state index contributed by atoms with van der Waals surface area (Å²) < 4.78 is 5.90. The Hall–Kier alpha value is -0.860. The molecule has 106 valence electrons. The Balaban J connectivity index is 1.99. The van der Waals surface area contributed by atoms with E-state index >= 15 is 0 Å². The minimum absolute atomic E-state index is 0.200. The van der Waals surface area contributed by atoms with Crippen molar-refractivity contribution in [1.29, 1.82) is 0 Å². The van der Waals surface area contributed by atoms with Gasteiger partial charge < -0.3 is 10.1 Å². The highest BCUT2D eigenvalue weighted by molar-refractivity contribution is 5.20. The topological polar surface area (TPSA) is 21.3 Å². The maximum absolute atomic E-state index is 5.90. The summed E-state index contributed by atoms with van der Waals surface area (Å²) in [5.74, 6) is 0. The molecule has 1 aromatic carbocycles. The number of benzene rings is 1. The van der Waals surface area contributed by atoms with Crippen LogP contribution in [0.5, 0.6) is 0 Å². The van der Waals surface area contributed by atoms with Crippen molar-refractivity contribution < 1.29 is 4.74 Å². The van der Waals surface area contributed by atoms with Gasteiger partial charge in [-0.15, -0.1) is 0 Å². The van der Waals surface area contributed by atoms with E-state index in [1.165, 1.54) is 18.4 Å². The molecule has 1 aliphatic heterocycles. The first kappa shape index (κ1) is 14.5. The van der Waals surface area contributed by atoms with Crippen molar-refractivity contribution >= 4 is 0 Å². The molecule has 0 saturated carbocycles. The molecule has 3 atom stereocenters. The molecule has 0 aromatic heterocycles. The van der Waals surface area contributed by atoms with Gasteiger partial charge in [0.05, 0.1) is 12.2 Å². The molecule has 2 rings (SSSR count). The molecule has 1 heterocycles. The second-order valence-corrected chi connectivity index (χ2v) is 6.76. The van der Waals surface area contributed by atoms with E-state index in [1.54, 1.807) is 0 Å². The van der Waals surface area contributed by atoms with Gasteiger partial charge in [0, 0.05) is 12.6 Å². The van der Waals surface area contributed by atoms with Crippen LogP contribution in [0.15, 0.2) is 30.3 Å². The summed E-state index contributed by atoms with van der Waals surface area (Å²) >= 11 is 0. The molecule has 2 heteroatoms. The van der Waals surface area contributed by atoms with Gasteiger partial charge in [0.25, 0.3) is 0 Å². The van der Waals surface area contributed by atoms with Crippen LogP contribution >= 0.6 is 0 Å². The zero-order valence-corrected chi connectivity index (χ0v) is 12.6. The zero-order valence-electron chi connectivity index (χ0n) is 12.6. The predicted molar refractivity (Wildman–Crippen MR) is 80.2 cm³/mol. The monoisotopic (exact) mass is 261 g/mol. The Morgan fingerprint density at radius 1 is 1.21 bits per heavy atom. The van der Waals surface area contributed by atoms with Gasteiger partial charge in [-0.05, 0) is 30.7 Å². The van der Waals surface area contributed by atoms with Crippen LogP contribution in [0.2, 0.25) is 0 Å². The van der Waals surface area contributed by atoms with Crippen LogP contribution in [0.25, 0.3) is 0 Å². The number of hydrogen-bond acceptors (Lipinski definition) is 2. The summed E-state index contributed by atoms with van der Waals surface area (Å²) in [6, 6.07) is 11.1. The number of hydrogen-bond donors (Lipinski definition) is 1. The third-order valence-corrected chi connectivity index (χ3v) is 3.87. The van der Waals surface area contributed by atoms with Crippen molar-refractivity contribution in [2.24, 2.45) is 5.41 Å². The molecule has 0 aliphatic carbocycles. The molecular weight excluding hydrogens is 234 g/mol. The first-order valence-electron chi connectivity index (χ1n) is 7.40. The fourth-order valence-electron chi connectivity index (χ4n) is 2.85. The summed E-state index contributed by atoms with van der Waals surface area (Å²) in [4.78, 5) is 0. The minimum atomic E-state index is 0.200. The smallest absolute Gasteiger partial charge is 0.0704 e. The molecule has 1 aromatic rings. The molecule has 1 saturated heterocycles. The number of nitrogens with one attached hydrogen (secondary N) is 1. The quantitative estimate of drug-likeness (QED) is 0.886. The summed E-state index contributed by atoms with van der Waals surface area (Å²) in [5.41, 5.74) is 1.56. The molecule has 19 heavy (non-hydrogen) atoms. The number of rotatable bonds is 4. The maximum Gasteiger partial charge on any atom is 0.0704 e. The molecule has 1 N–H and O–H groups in total. The lowest BCUT2D eigenvalue weighted by Crippen LogP contribution is -2.37. The average molecular weight is 261 g/mol. The third-order valence-electron chi connectivity index (χ3n) is 3.87. The van der Waals surface area contributed by atoms with Crippen LogP contribution in [0.4, 0.5) is 0 Å². The van der Waals surface area contributed by atoms with Crippen LogP contribution < -0.4 is 5.32 Å². The SMILES string of the molecule is CC1CCC(CNC(c2ccccc2)C(C)(C)C)O1. The van der Waals surface area contributed by atoms with Gasteiger partial charge in [0.1, 0.15) is 0 Å². The largest absolute Gasteiger partial charge is 0.374 e. The third kappa shape index (κ3) is 4.05.